The Morgan fingerprint density at radius 1 is 0.652 bits per heavy atom. The third kappa shape index (κ3) is 3.26. The number of carbonyl (C=O) groups excluding carboxylic acids is 4. The molecule has 4 amide bonds. The van der Waals surface area contributed by atoms with Crippen LogP contribution in [0.2, 0.25) is 0 Å². The summed E-state index contributed by atoms with van der Waals surface area (Å²) in [5.41, 5.74) is 3.05. The molecule has 0 spiro atoms. The Hall–Kier alpha value is -5.12. The summed E-state index contributed by atoms with van der Waals surface area (Å²) in [6.07, 6.45) is 1.90. The van der Waals surface area contributed by atoms with E-state index in [4.69, 9.17) is 0 Å². The van der Waals surface area contributed by atoms with E-state index in [-0.39, 0.29) is 23.6 Å². The fraction of sp³-hybridized carbons (Fsp3) is 0.333. The highest BCUT2D eigenvalue weighted by atomic mass is 16.2. The predicted molar refractivity (Wildman–Crippen MR) is 170 cm³/mol. The van der Waals surface area contributed by atoms with Gasteiger partial charge in [-0.2, -0.15) is 0 Å². The van der Waals surface area contributed by atoms with Crippen molar-refractivity contribution in [2.75, 3.05) is 10.6 Å². The summed E-state index contributed by atoms with van der Waals surface area (Å²) in [5.74, 6) is -0.671. The van der Waals surface area contributed by atoms with Gasteiger partial charge in [0, 0.05) is 17.8 Å². The molecule has 6 aliphatic rings. The van der Waals surface area contributed by atoms with Crippen molar-refractivity contribution in [2.45, 2.75) is 73.0 Å². The van der Waals surface area contributed by atoms with Gasteiger partial charge in [-0.15, -0.1) is 6.58 Å². The number of anilines is 2. The first-order valence-corrected chi connectivity index (χ1v) is 16.0. The molecule has 0 bridgehead atoms. The Bertz CT molecular complexity index is 1850. The molecule has 3 aromatic carbocycles. The molecule has 4 fully saturated rings. The zero-order valence-electron chi connectivity index (χ0n) is 25.1. The van der Waals surface area contributed by atoms with Crippen LogP contribution in [0.1, 0.15) is 36.0 Å². The van der Waals surface area contributed by atoms with Crippen molar-refractivity contribution >= 4 is 35.0 Å². The Morgan fingerprint density at radius 3 is 1.67 bits per heavy atom. The number of nitrogens with one attached hydrogen (secondary N) is 4. The zero-order chi connectivity index (χ0) is 31.4. The maximum absolute atomic E-state index is 14.5. The summed E-state index contributed by atoms with van der Waals surface area (Å²) in [4.78, 5) is 60.1. The maximum Gasteiger partial charge on any atom is 0.247 e. The van der Waals surface area contributed by atoms with Crippen LogP contribution in [0.25, 0.3) is 0 Å². The minimum atomic E-state index is -0.848. The number of para-hydroxylation sites is 2. The summed E-state index contributed by atoms with van der Waals surface area (Å²) < 4.78 is 0. The largest absolute Gasteiger partial charge is 0.364 e. The van der Waals surface area contributed by atoms with E-state index in [9.17, 15) is 19.2 Å². The first-order chi connectivity index (χ1) is 22.4. The lowest BCUT2D eigenvalue weighted by atomic mass is 9.54. The molecule has 8 atom stereocenters. The lowest BCUT2D eigenvalue weighted by Crippen LogP contribution is -2.66. The molecule has 0 aliphatic carbocycles. The topological polar surface area (TPSA) is 123 Å². The summed E-state index contributed by atoms with van der Waals surface area (Å²) in [6.45, 7) is 3.81. The lowest BCUT2D eigenvalue weighted by molar-refractivity contribution is -0.149. The van der Waals surface area contributed by atoms with Crippen LogP contribution in [0.4, 0.5) is 11.4 Å². The number of nitrogens with zero attached hydrogens (tertiary/aromatic N) is 2. The van der Waals surface area contributed by atoms with Gasteiger partial charge in [0.25, 0.3) is 0 Å². The Balaban J connectivity index is 1.24. The molecule has 0 saturated carbocycles. The minimum Gasteiger partial charge on any atom is -0.364 e. The van der Waals surface area contributed by atoms with Crippen LogP contribution in [-0.4, -0.2) is 69.9 Å². The van der Waals surface area contributed by atoms with Crippen LogP contribution in [0.5, 0.6) is 0 Å². The average molecular weight is 615 g/mol. The average Bonchev–Trinajstić information content (AvgIpc) is 3.77. The van der Waals surface area contributed by atoms with Crippen molar-refractivity contribution < 1.29 is 19.2 Å². The van der Waals surface area contributed by atoms with E-state index in [1.807, 2.05) is 66.7 Å². The van der Waals surface area contributed by atoms with Gasteiger partial charge in [-0.05, 0) is 48.1 Å². The van der Waals surface area contributed by atoms with Crippen molar-refractivity contribution in [1.29, 1.82) is 0 Å². The number of fused-ring (bicyclic) bond motifs is 11. The highest BCUT2D eigenvalue weighted by molar-refractivity contribution is 6.01. The molecule has 10 heteroatoms. The first-order valence-electron chi connectivity index (χ1n) is 16.0. The second kappa shape index (κ2) is 9.45. The highest BCUT2D eigenvalue weighted by Crippen LogP contribution is 2.68. The van der Waals surface area contributed by atoms with Crippen molar-refractivity contribution in [3.8, 4) is 0 Å². The van der Waals surface area contributed by atoms with Crippen LogP contribution < -0.4 is 21.3 Å². The van der Waals surface area contributed by atoms with Gasteiger partial charge in [-0.3, -0.25) is 19.2 Å². The molecular formula is C36H34N6O4. The van der Waals surface area contributed by atoms with Gasteiger partial charge in [0.05, 0.1) is 10.8 Å². The number of amides is 4. The summed E-state index contributed by atoms with van der Waals surface area (Å²) >= 11 is 0. The van der Waals surface area contributed by atoms with Crippen LogP contribution in [0.15, 0.2) is 91.5 Å². The third-order valence-corrected chi connectivity index (χ3v) is 11.4. The van der Waals surface area contributed by atoms with Crippen molar-refractivity contribution in [3.63, 3.8) is 0 Å². The maximum atomic E-state index is 14.5. The van der Waals surface area contributed by atoms with E-state index in [1.165, 1.54) is 0 Å². The summed E-state index contributed by atoms with van der Waals surface area (Å²) in [6, 6.07) is 23.0. The molecule has 4 N–H and O–H groups in total. The van der Waals surface area contributed by atoms with Crippen LogP contribution >= 0.6 is 0 Å². The molecule has 3 aromatic rings. The Labute approximate surface area is 266 Å². The van der Waals surface area contributed by atoms with Gasteiger partial charge in [-0.1, -0.05) is 72.8 Å². The Morgan fingerprint density at radius 2 is 1.13 bits per heavy atom. The molecule has 6 aliphatic heterocycles. The van der Waals surface area contributed by atoms with E-state index < -0.39 is 47.3 Å². The number of hydrogen-bond donors (Lipinski definition) is 4. The SMILES string of the molecule is C=CC[C@@H]1NC(=O)[C@@H]2CC3(C45C[C@H]6C(=O)N[C@@H](Cc7ccccc7)C(=O)N6[C@H]4Nc4ccccc45)c4ccccc4N[C@@H]3N2C1=O. The quantitative estimate of drug-likeness (QED) is 0.328. The standard InChI is InChI=1S/C36H34N6O4/c1-2-10-25-31(45)41-27(29(43)37-25)18-35(21-13-6-8-15-23(21)39-33(35)41)36-19-28-30(44)38-26(17-20-11-4-3-5-12-20)32(46)42(28)34(36)40-24-16-9-7-14-22(24)36/h2-9,11-16,25-28,33-34,39-40H,1,10,17-19H2,(H,37,43)(H,38,44)/t25-,26-,27-,28-,33+,34+,35?,36?/m0/s1. The van der Waals surface area contributed by atoms with Gasteiger partial charge in [0.15, 0.2) is 0 Å². The van der Waals surface area contributed by atoms with Gasteiger partial charge in [0.2, 0.25) is 23.6 Å². The molecule has 4 saturated heterocycles. The highest BCUT2D eigenvalue weighted by Gasteiger charge is 2.78. The van der Waals surface area contributed by atoms with Gasteiger partial charge in [0.1, 0.15) is 36.5 Å². The third-order valence-electron chi connectivity index (χ3n) is 11.4. The van der Waals surface area contributed by atoms with E-state index in [0.29, 0.717) is 25.7 Å². The smallest absolute Gasteiger partial charge is 0.247 e. The van der Waals surface area contributed by atoms with Crippen molar-refractivity contribution in [2.24, 2.45) is 0 Å². The number of carbonyl (C=O) groups is 4. The molecular weight excluding hydrogens is 580 g/mol. The van der Waals surface area contributed by atoms with Crippen LogP contribution in [-0.2, 0) is 36.4 Å². The Kier molecular flexibility index (Phi) is 5.59. The van der Waals surface area contributed by atoms with Crippen LogP contribution in [0, 0.1) is 0 Å². The summed E-state index contributed by atoms with van der Waals surface area (Å²) in [7, 11) is 0. The van der Waals surface area contributed by atoms with Gasteiger partial charge in [-0.25, -0.2) is 0 Å². The lowest BCUT2D eigenvalue weighted by Gasteiger charge is -2.48. The second-order valence-corrected chi connectivity index (χ2v) is 13.4. The molecule has 232 valence electrons. The molecule has 10 nitrogen and oxygen atoms in total. The minimum absolute atomic E-state index is 0.136. The molecule has 46 heavy (non-hydrogen) atoms. The van der Waals surface area contributed by atoms with E-state index in [2.05, 4.69) is 40.0 Å². The molecule has 0 aromatic heterocycles. The fourth-order valence-electron chi connectivity index (χ4n) is 9.72. The van der Waals surface area contributed by atoms with E-state index in [0.717, 1.165) is 28.1 Å². The number of hydrogen-bond acceptors (Lipinski definition) is 6. The molecule has 6 heterocycles. The van der Waals surface area contributed by atoms with E-state index in [1.54, 1.807) is 15.9 Å². The number of piperazine rings is 2. The van der Waals surface area contributed by atoms with Crippen molar-refractivity contribution in [3.05, 3.63) is 108 Å². The number of benzene rings is 3. The molecule has 0 radical (unpaired) electrons. The predicted octanol–water partition coefficient (Wildman–Crippen LogP) is 2.38. The monoisotopic (exact) mass is 614 g/mol. The number of rotatable bonds is 5. The van der Waals surface area contributed by atoms with Crippen molar-refractivity contribution in [1.82, 2.24) is 20.4 Å². The fourth-order valence-corrected chi connectivity index (χ4v) is 9.72. The summed E-state index contributed by atoms with van der Waals surface area (Å²) in [5, 5.41) is 13.4. The van der Waals surface area contributed by atoms with E-state index >= 15 is 0 Å². The first kappa shape index (κ1) is 27.2. The molecule has 2 unspecified atom stereocenters. The van der Waals surface area contributed by atoms with Gasteiger partial charge < -0.3 is 31.1 Å². The van der Waals surface area contributed by atoms with Gasteiger partial charge >= 0.3 is 0 Å². The normalized spacial score (nSPS) is 34.7. The molecule has 9 rings (SSSR count). The van der Waals surface area contributed by atoms with Crippen LogP contribution in [0.3, 0.4) is 0 Å². The zero-order valence-corrected chi connectivity index (χ0v) is 25.1. The second-order valence-electron chi connectivity index (χ2n) is 13.4.